The van der Waals surface area contributed by atoms with E-state index in [4.69, 9.17) is 0 Å². The smallest absolute Gasteiger partial charge is 0.233 e. The average Bonchev–Trinajstić information content (AvgIpc) is 3.18. The molecule has 0 spiro atoms. The minimum Gasteiger partial charge on any atom is -0.355 e. The Morgan fingerprint density at radius 2 is 2.11 bits per heavy atom. The summed E-state index contributed by atoms with van der Waals surface area (Å²) in [6, 6.07) is 1.34. The Bertz CT molecular complexity index is 266. The van der Waals surface area contributed by atoms with Gasteiger partial charge in [0.2, 0.25) is 5.91 Å². The van der Waals surface area contributed by atoms with Crippen LogP contribution in [0.1, 0.15) is 45.4 Å². The van der Waals surface area contributed by atoms with Gasteiger partial charge < -0.3 is 15.5 Å². The first-order chi connectivity index (χ1) is 8.75. The molecule has 104 valence electrons. The van der Waals surface area contributed by atoms with E-state index in [9.17, 15) is 4.79 Å². The fourth-order valence-corrected chi connectivity index (χ4v) is 2.59. The summed E-state index contributed by atoms with van der Waals surface area (Å²) in [5, 5.41) is 6.22. The van der Waals surface area contributed by atoms with Crippen molar-refractivity contribution in [1.82, 2.24) is 15.5 Å². The lowest BCUT2D eigenvalue weighted by molar-refractivity contribution is -0.120. The molecule has 0 radical (unpaired) electrons. The maximum Gasteiger partial charge on any atom is 0.233 e. The van der Waals surface area contributed by atoms with E-state index in [0.717, 1.165) is 25.6 Å². The Morgan fingerprint density at radius 3 is 2.83 bits per heavy atom. The summed E-state index contributed by atoms with van der Waals surface area (Å²) < 4.78 is 0. The number of hydrogen-bond acceptors (Lipinski definition) is 3. The summed E-state index contributed by atoms with van der Waals surface area (Å²) in [6.07, 6.45) is 7.58. The number of carbonyl (C=O) groups excluding carboxylic acids is 1. The fourth-order valence-electron chi connectivity index (χ4n) is 2.59. The van der Waals surface area contributed by atoms with Crippen molar-refractivity contribution in [3.05, 3.63) is 0 Å². The highest BCUT2D eigenvalue weighted by molar-refractivity contribution is 5.78. The Balaban J connectivity index is 1.47. The number of nitrogens with zero attached hydrogens (tertiary/aromatic N) is 1. The molecule has 4 heteroatoms. The lowest BCUT2D eigenvalue weighted by Crippen LogP contribution is -2.40. The maximum atomic E-state index is 11.5. The molecule has 0 aromatic rings. The van der Waals surface area contributed by atoms with Crippen molar-refractivity contribution < 1.29 is 4.79 Å². The van der Waals surface area contributed by atoms with Crippen LogP contribution in [0.3, 0.4) is 0 Å². The number of carbonyl (C=O) groups is 1. The van der Waals surface area contributed by atoms with Crippen molar-refractivity contribution in [2.75, 3.05) is 26.2 Å². The second-order valence-electron chi connectivity index (χ2n) is 5.74. The Labute approximate surface area is 110 Å². The molecule has 1 saturated carbocycles. The van der Waals surface area contributed by atoms with Crippen molar-refractivity contribution in [2.24, 2.45) is 0 Å². The van der Waals surface area contributed by atoms with Gasteiger partial charge in [-0.1, -0.05) is 6.42 Å². The monoisotopic (exact) mass is 253 g/mol. The minimum atomic E-state index is 0.147. The third kappa shape index (κ3) is 4.94. The zero-order chi connectivity index (χ0) is 12.8. The Hall–Kier alpha value is -0.610. The van der Waals surface area contributed by atoms with E-state index in [1.54, 1.807) is 0 Å². The summed E-state index contributed by atoms with van der Waals surface area (Å²) in [5.41, 5.74) is 0. The molecule has 2 N–H and O–H groups in total. The van der Waals surface area contributed by atoms with Crippen molar-refractivity contribution in [2.45, 2.75) is 57.5 Å². The number of nitrogens with one attached hydrogen (secondary N) is 2. The van der Waals surface area contributed by atoms with Crippen LogP contribution in [0.2, 0.25) is 0 Å². The van der Waals surface area contributed by atoms with Crippen LogP contribution >= 0.6 is 0 Å². The minimum absolute atomic E-state index is 0.147. The molecule has 1 saturated heterocycles. The van der Waals surface area contributed by atoms with Gasteiger partial charge in [-0.3, -0.25) is 4.79 Å². The van der Waals surface area contributed by atoms with E-state index in [-0.39, 0.29) is 5.91 Å². The first-order valence-corrected chi connectivity index (χ1v) is 7.50. The molecule has 1 aliphatic carbocycles. The van der Waals surface area contributed by atoms with Crippen molar-refractivity contribution in [1.29, 1.82) is 0 Å². The van der Waals surface area contributed by atoms with Gasteiger partial charge in [0.05, 0.1) is 6.54 Å². The van der Waals surface area contributed by atoms with Gasteiger partial charge in [0, 0.05) is 25.2 Å². The standard InChI is InChI=1S/C14H27N3O/c1-12-5-2-3-9-17(12)10-4-8-15-14(18)11-16-13-6-7-13/h12-13,16H,2-11H2,1H3,(H,15,18). The molecule has 18 heavy (non-hydrogen) atoms. The van der Waals surface area contributed by atoms with Crippen LogP contribution in [0.15, 0.2) is 0 Å². The van der Waals surface area contributed by atoms with Gasteiger partial charge in [-0.15, -0.1) is 0 Å². The van der Waals surface area contributed by atoms with E-state index in [1.807, 2.05) is 0 Å². The van der Waals surface area contributed by atoms with E-state index in [2.05, 4.69) is 22.5 Å². The fraction of sp³-hybridized carbons (Fsp3) is 0.929. The Morgan fingerprint density at radius 1 is 1.28 bits per heavy atom. The first kappa shape index (κ1) is 13.8. The highest BCUT2D eigenvalue weighted by Crippen LogP contribution is 2.18. The summed E-state index contributed by atoms with van der Waals surface area (Å²) in [6.45, 7) is 5.98. The molecule has 2 aliphatic rings. The summed E-state index contributed by atoms with van der Waals surface area (Å²) in [5.74, 6) is 0.147. The summed E-state index contributed by atoms with van der Waals surface area (Å²) in [7, 11) is 0. The molecular formula is C14H27N3O. The van der Waals surface area contributed by atoms with E-state index >= 15 is 0 Å². The van der Waals surface area contributed by atoms with Gasteiger partial charge >= 0.3 is 0 Å². The lowest BCUT2D eigenvalue weighted by atomic mass is 10.0. The number of piperidine rings is 1. The van der Waals surface area contributed by atoms with Gasteiger partial charge in [-0.25, -0.2) is 0 Å². The van der Waals surface area contributed by atoms with Crippen LogP contribution in [0.4, 0.5) is 0 Å². The SMILES string of the molecule is CC1CCCCN1CCCNC(=O)CNC1CC1. The van der Waals surface area contributed by atoms with Crippen molar-refractivity contribution in [3.63, 3.8) is 0 Å². The quantitative estimate of drug-likeness (QED) is 0.668. The third-order valence-electron chi connectivity index (χ3n) is 4.01. The van der Waals surface area contributed by atoms with Crippen LogP contribution in [0.25, 0.3) is 0 Å². The highest BCUT2D eigenvalue weighted by Gasteiger charge is 2.21. The number of amides is 1. The van der Waals surface area contributed by atoms with Gasteiger partial charge in [0.1, 0.15) is 0 Å². The van der Waals surface area contributed by atoms with Crippen molar-refractivity contribution in [3.8, 4) is 0 Å². The van der Waals surface area contributed by atoms with Crippen molar-refractivity contribution >= 4 is 5.91 Å². The molecule has 2 rings (SSSR count). The molecule has 0 aromatic heterocycles. The topological polar surface area (TPSA) is 44.4 Å². The summed E-state index contributed by atoms with van der Waals surface area (Å²) >= 11 is 0. The van der Waals surface area contributed by atoms with Gasteiger partial charge in [0.15, 0.2) is 0 Å². The predicted octanol–water partition coefficient (Wildman–Crippen LogP) is 1.12. The molecule has 0 aromatic carbocycles. The third-order valence-corrected chi connectivity index (χ3v) is 4.01. The molecule has 1 aliphatic heterocycles. The molecule has 1 unspecified atom stereocenters. The lowest BCUT2D eigenvalue weighted by Gasteiger charge is -2.33. The zero-order valence-electron chi connectivity index (χ0n) is 11.6. The number of likely N-dealkylation sites (tertiary alicyclic amines) is 1. The maximum absolute atomic E-state index is 11.5. The van der Waals surface area contributed by atoms with Gasteiger partial charge in [-0.05, 0) is 45.6 Å². The molecule has 0 bridgehead atoms. The van der Waals surface area contributed by atoms with Gasteiger partial charge in [0.25, 0.3) is 0 Å². The van der Waals surface area contributed by atoms with E-state index in [1.165, 1.54) is 38.6 Å². The summed E-state index contributed by atoms with van der Waals surface area (Å²) in [4.78, 5) is 14.1. The Kier molecular flexibility index (Phi) is 5.45. The molecular weight excluding hydrogens is 226 g/mol. The zero-order valence-corrected chi connectivity index (χ0v) is 11.6. The first-order valence-electron chi connectivity index (χ1n) is 7.50. The van der Waals surface area contributed by atoms with Crippen LogP contribution < -0.4 is 10.6 Å². The average molecular weight is 253 g/mol. The molecule has 2 fully saturated rings. The number of hydrogen-bond donors (Lipinski definition) is 2. The van der Waals surface area contributed by atoms with E-state index < -0.39 is 0 Å². The van der Waals surface area contributed by atoms with Crippen LogP contribution in [-0.4, -0.2) is 49.1 Å². The largest absolute Gasteiger partial charge is 0.355 e. The van der Waals surface area contributed by atoms with Crippen LogP contribution in [-0.2, 0) is 4.79 Å². The van der Waals surface area contributed by atoms with E-state index in [0.29, 0.717) is 12.6 Å². The van der Waals surface area contributed by atoms with Crippen LogP contribution in [0, 0.1) is 0 Å². The van der Waals surface area contributed by atoms with Gasteiger partial charge in [-0.2, -0.15) is 0 Å². The normalized spacial score (nSPS) is 25.1. The molecule has 1 heterocycles. The molecule has 1 amide bonds. The second-order valence-corrected chi connectivity index (χ2v) is 5.74. The molecule has 4 nitrogen and oxygen atoms in total. The second kappa shape index (κ2) is 7.10. The predicted molar refractivity (Wildman–Crippen MR) is 73.5 cm³/mol. The number of rotatable bonds is 7. The highest BCUT2D eigenvalue weighted by atomic mass is 16.1. The molecule has 1 atom stereocenters. The van der Waals surface area contributed by atoms with Crippen LogP contribution in [0.5, 0.6) is 0 Å².